The van der Waals surface area contributed by atoms with Crippen molar-refractivity contribution in [1.29, 1.82) is 0 Å². The monoisotopic (exact) mass is 281 g/mol. The summed E-state index contributed by atoms with van der Waals surface area (Å²) in [6, 6.07) is 0.0395. The lowest BCUT2D eigenvalue weighted by atomic mass is 10.2. The van der Waals surface area contributed by atoms with Crippen molar-refractivity contribution < 1.29 is 9.59 Å². The standard InChI is InChI=1S/C13H23N5O2/c1-5-6-9-11(14)12(17-16-9)13(20)18(4)7-10(19)15-8(2)3/h8H,5-7,14H2,1-4H3,(H,15,19)(H,16,17). The highest BCUT2D eigenvalue weighted by atomic mass is 16.2. The van der Waals surface area contributed by atoms with E-state index < -0.39 is 0 Å². The molecule has 0 aliphatic rings. The van der Waals surface area contributed by atoms with Crippen LogP contribution in [0.4, 0.5) is 5.69 Å². The topological polar surface area (TPSA) is 104 Å². The lowest BCUT2D eigenvalue weighted by Crippen LogP contribution is -2.41. The zero-order valence-electron chi connectivity index (χ0n) is 12.5. The third-order valence-corrected chi connectivity index (χ3v) is 2.76. The van der Waals surface area contributed by atoms with Crippen molar-refractivity contribution in [2.24, 2.45) is 0 Å². The van der Waals surface area contributed by atoms with Crippen LogP contribution in [0.15, 0.2) is 0 Å². The van der Waals surface area contributed by atoms with Crippen LogP contribution >= 0.6 is 0 Å². The number of aromatic nitrogens is 2. The van der Waals surface area contributed by atoms with Crippen LogP contribution in [0.25, 0.3) is 0 Å². The molecule has 0 fully saturated rings. The van der Waals surface area contributed by atoms with Crippen LogP contribution in [-0.4, -0.2) is 46.5 Å². The minimum atomic E-state index is -0.361. The van der Waals surface area contributed by atoms with Crippen molar-refractivity contribution in [2.75, 3.05) is 19.3 Å². The van der Waals surface area contributed by atoms with E-state index in [1.54, 1.807) is 7.05 Å². The number of aryl methyl sites for hydroxylation is 1. The number of nitrogen functional groups attached to an aromatic ring is 1. The Morgan fingerprint density at radius 1 is 1.45 bits per heavy atom. The van der Waals surface area contributed by atoms with Gasteiger partial charge in [0.2, 0.25) is 5.91 Å². The second kappa shape index (κ2) is 6.93. The fraction of sp³-hybridized carbons (Fsp3) is 0.615. The van der Waals surface area contributed by atoms with E-state index in [0.717, 1.165) is 18.5 Å². The summed E-state index contributed by atoms with van der Waals surface area (Å²) in [4.78, 5) is 25.1. The second-order valence-electron chi connectivity index (χ2n) is 5.10. The van der Waals surface area contributed by atoms with Gasteiger partial charge in [-0.05, 0) is 20.3 Å². The van der Waals surface area contributed by atoms with Crippen molar-refractivity contribution in [2.45, 2.75) is 39.7 Å². The number of nitrogens with one attached hydrogen (secondary N) is 2. The Morgan fingerprint density at radius 3 is 2.65 bits per heavy atom. The molecule has 7 heteroatoms. The largest absolute Gasteiger partial charge is 0.395 e. The van der Waals surface area contributed by atoms with Crippen molar-refractivity contribution in [1.82, 2.24) is 20.4 Å². The molecule has 1 aromatic heterocycles. The van der Waals surface area contributed by atoms with Gasteiger partial charge in [0.25, 0.3) is 5.91 Å². The van der Waals surface area contributed by atoms with E-state index in [1.807, 2.05) is 20.8 Å². The molecule has 112 valence electrons. The highest BCUT2D eigenvalue weighted by Crippen LogP contribution is 2.16. The number of H-pyrrole nitrogens is 1. The average Bonchev–Trinajstić information content (AvgIpc) is 2.69. The lowest BCUT2D eigenvalue weighted by molar-refractivity contribution is -0.122. The van der Waals surface area contributed by atoms with Gasteiger partial charge in [-0.3, -0.25) is 14.7 Å². The van der Waals surface area contributed by atoms with Crippen molar-refractivity contribution in [3.05, 3.63) is 11.4 Å². The van der Waals surface area contributed by atoms with Gasteiger partial charge >= 0.3 is 0 Å². The number of likely N-dealkylation sites (N-methyl/N-ethyl adjacent to an activating group) is 1. The zero-order valence-corrected chi connectivity index (χ0v) is 12.5. The molecule has 0 radical (unpaired) electrons. The van der Waals surface area contributed by atoms with E-state index in [1.165, 1.54) is 4.90 Å². The van der Waals surface area contributed by atoms with Gasteiger partial charge in [-0.2, -0.15) is 5.10 Å². The molecule has 2 amide bonds. The van der Waals surface area contributed by atoms with Crippen LogP contribution in [0.2, 0.25) is 0 Å². The maximum Gasteiger partial charge on any atom is 0.276 e. The number of anilines is 1. The molecular formula is C13H23N5O2. The first-order valence-electron chi connectivity index (χ1n) is 6.74. The van der Waals surface area contributed by atoms with Crippen molar-refractivity contribution in [3.63, 3.8) is 0 Å². The number of nitrogens with two attached hydrogens (primary N) is 1. The normalized spacial score (nSPS) is 10.7. The van der Waals surface area contributed by atoms with Crippen LogP contribution < -0.4 is 11.1 Å². The van der Waals surface area contributed by atoms with E-state index in [9.17, 15) is 9.59 Å². The van der Waals surface area contributed by atoms with Gasteiger partial charge < -0.3 is 16.0 Å². The molecule has 0 atom stereocenters. The first kappa shape index (κ1) is 16.0. The summed E-state index contributed by atoms with van der Waals surface area (Å²) in [6.45, 7) is 5.72. The van der Waals surface area contributed by atoms with Crippen LogP contribution in [-0.2, 0) is 11.2 Å². The van der Waals surface area contributed by atoms with Crippen molar-refractivity contribution >= 4 is 17.5 Å². The van der Waals surface area contributed by atoms with Gasteiger partial charge in [0, 0.05) is 13.1 Å². The number of amides is 2. The molecule has 1 aromatic rings. The summed E-state index contributed by atoms with van der Waals surface area (Å²) in [5.41, 5.74) is 7.20. The molecular weight excluding hydrogens is 258 g/mol. The molecule has 1 rings (SSSR count). The summed E-state index contributed by atoms with van der Waals surface area (Å²) in [7, 11) is 1.55. The predicted octanol–water partition coefficient (Wildman–Crippen LogP) is 0.541. The number of rotatable bonds is 6. The Labute approximate surface area is 118 Å². The fourth-order valence-electron chi connectivity index (χ4n) is 1.83. The Balaban J connectivity index is 2.72. The Hall–Kier alpha value is -2.05. The van der Waals surface area contributed by atoms with E-state index in [2.05, 4.69) is 15.5 Å². The Morgan fingerprint density at radius 2 is 2.10 bits per heavy atom. The molecule has 0 saturated heterocycles. The molecule has 0 saturated carbocycles. The first-order chi connectivity index (χ1) is 9.36. The number of aromatic amines is 1. The minimum Gasteiger partial charge on any atom is -0.395 e. The molecule has 0 aliphatic carbocycles. The fourth-order valence-corrected chi connectivity index (χ4v) is 1.83. The number of hydrogen-bond donors (Lipinski definition) is 3. The SMILES string of the molecule is CCCc1[nH]nc(C(=O)N(C)CC(=O)NC(C)C)c1N. The average molecular weight is 281 g/mol. The third kappa shape index (κ3) is 3.97. The molecule has 0 unspecified atom stereocenters. The minimum absolute atomic E-state index is 0.0214. The van der Waals surface area contributed by atoms with E-state index >= 15 is 0 Å². The summed E-state index contributed by atoms with van der Waals surface area (Å²) in [6.07, 6.45) is 1.65. The summed E-state index contributed by atoms with van der Waals surface area (Å²) in [5.74, 6) is -0.571. The number of nitrogens with zero attached hydrogens (tertiary/aromatic N) is 2. The van der Waals surface area contributed by atoms with Crippen LogP contribution in [0.3, 0.4) is 0 Å². The second-order valence-corrected chi connectivity index (χ2v) is 5.10. The predicted molar refractivity (Wildman–Crippen MR) is 77.2 cm³/mol. The van der Waals surface area contributed by atoms with Crippen LogP contribution in [0.1, 0.15) is 43.4 Å². The van der Waals surface area contributed by atoms with Crippen LogP contribution in [0.5, 0.6) is 0 Å². The molecule has 7 nitrogen and oxygen atoms in total. The van der Waals surface area contributed by atoms with Gasteiger partial charge in [-0.15, -0.1) is 0 Å². The third-order valence-electron chi connectivity index (χ3n) is 2.76. The van der Waals surface area contributed by atoms with Crippen LogP contribution in [0, 0.1) is 0 Å². The van der Waals surface area contributed by atoms with Gasteiger partial charge in [-0.25, -0.2) is 0 Å². The molecule has 20 heavy (non-hydrogen) atoms. The van der Waals surface area contributed by atoms with Gasteiger partial charge in [-0.1, -0.05) is 13.3 Å². The zero-order chi connectivity index (χ0) is 15.3. The molecule has 0 spiro atoms. The Bertz CT molecular complexity index is 481. The maximum absolute atomic E-state index is 12.2. The number of carbonyl (C=O) groups excluding carboxylic acids is 2. The van der Waals surface area contributed by atoms with E-state index in [0.29, 0.717) is 5.69 Å². The van der Waals surface area contributed by atoms with Gasteiger partial charge in [0.05, 0.1) is 17.9 Å². The van der Waals surface area contributed by atoms with E-state index in [4.69, 9.17) is 5.73 Å². The molecule has 4 N–H and O–H groups in total. The van der Waals surface area contributed by atoms with E-state index in [-0.39, 0.29) is 30.1 Å². The molecule has 0 aliphatic heterocycles. The van der Waals surface area contributed by atoms with Gasteiger partial charge in [0.15, 0.2) is 5.69 Å². The molecule has 0 bridgehead atoms. The summed E-state index contributed by atoms with van der Waals surface area (Å²) < 4.78 is 0. The lowest BCUT2D eigenvalue weighted by Gasteiger charge is -2.17. The molecule has 0 aromatic carbocycles. The Kier molecular flexibility index (Phi) is 5.54. The summed E-state index contributed by atoms with van der Waals surface area (Å²) in [5, 5.41) is 9.45. The van der Waals surface area contributed by atoms with Gasteiger partial charge in [0.1, 0.15) is 0 Å². The highest BCUT2D eigenvalue weighted by Gasteiger charge is 2.21. The quantitative estimate of drug-likeness (QED) is 0.708. The summed E-state index contributed by atoms with van der Waals surface area (Å²) >= 11 is 0. The number of hydrogen-bond acceptors (Lipinski definition) is 4. The molecule has 1 heterocycles. The maximum atomic E-state index is 12.2. The van der Waals surface area contributed by atoms with Crippen molar-refractivity contribution in [3.8, 4) is 0 Å². The number of carbonyl (C=O) groups is 2. The first-order valence-corrected chi connectivity index (χ1v) is 6.74. The highest BCUT2D eigenvalue weighted by molar-refractivity contribution is 5.99. The smallest absolute Gasteiger partial charge is 0.276 e.